The number of pyridine rings is 1. The normalized spacial score (nSPS) is 10.8. The van der Waals surface area contributed by atoms with Gasteiger partial charge in [0.2, 0.25) is 0 Å². The minimum absolute atomic E-state index is 0.266. The molecule has 0 aliphatic rings. The second-order valence-corrected chi connectivity index (χ2v) is 4.69. The van der Waals surface area contributed by atoms with E-state index in [4.69, 9.17) is 4.74 Å². The first-order valence-electron chi connectivity index (χ1n) is 6.63. The number of fused-ring (bicyclic) bond motifs is 1. The van der Waals surface area contributed by atoms with Crippen molar-refractivity contribution in [1.82, 2.24) is 4.98 Å². The number of aliphatic hydroxyl groups excluding tert-OH is 1. The van der Waals surface area contributed by atoms with Gasteiger partial charge in [-0.2, -0.15) is 0 Å². The molecule has 0 radical (unpaired) electrons. The molecule has 0 spiro atoms. The zero-order valence-electron chi connectivity index (χ0n) is 11.3. The largest absolute Gasteiger partial charge is 0.487 e. The molecule has 0 saturated heterocycles. The maximum Gasteiger partial charge on any atom is 0.130 e. The predicted octanol–water partition coefficient (Wildman–Crippen LogP) is 3.45. The summed E-state index contributed by atoms with van der Waals surface area (Å²) in [6, 6.07) is 15.8. The molecule has 0 atom stereocenters. The second kappa shape index (κ2) is 5.89. The van der Waals surface area contributed by atoms with Gasteiger partial charge >= 0.3 is 0 Å². The molecule has 21 heavy (non-hydrogen) atoms. The Morgan fingerprint density at radius 2 is 1.90 bits per heavy atom. The highest BCUT2D eigenvalue weighted by molar-refractivity contribution is 5.78. The fraction of sp³-hybridized carbons (Fsp3) is 0.118. The van der Waals surface area contributed by atoms with Crippen molar-refractivity contribution in [2.24, 2.45) is 0 Å². The van der Waals surface area contributed by atoms with Gasteiger partial charge in [-0.15, -0.1) is 0 Å². The number of hydrogen-bond donors (Lipinski definition) is 1. The molecule has 0 saturated carbocycles. The summed E-state index contributed by atoms with van der Waals surface area (Å²) in [4.78, 5) is 4.50. The van der Waals surface area contributed by atoms with Crippen LogP contribution in [0.1, 0.15) is 11.3 Å². The highest BCUT2D eigenvalue weighted by Crippen LogP contribution is 2.21. The highest BCUT2D eigenvalue weighted by atomic mass is 19.1. The zero-order valence-corrected chi connectivity index (χ0v) is 11.3. The van der Waals surface area contributed by atoms with E-state index in [1.807, 2.05) is 36.4 Å². The van der Waals surface area contributed by atoms with Crippen LogP contribution in [0.4, 0.5) is 4.39 Å². The number of ether oxygens (including phenoxy) is 1. The van der Waals surface area contributed by atoms with Crippen LogP contribution in [0, 0.1) is 5.82 Å². The number of hydrogen-bond acceptors (Lipinski definition) is 3. The third kappa shape index (κ3) is 3.01. The molecule has 106 valence electrons. The summed E-state index contributed by atoms with van der Waals surface area (Å²) in [5.41, 5.74) is 2.11. The molecule has 1 heterocycles. The molecule has 0 amide bonds. The Hall–Kier alpha value is -2.46. The number of halogens is 1. The van der Waals surface area contributed by atoms with E-state index in [-0.39, 0.29) is 13.2 Å². The van der Waals surface area contributed by atoms with Crippen molar-refractivity contribution in [3.63, 3.8) is 0 Å². The average Bonchev–Trinajstić information content (AvgIpc) is 2.53. The van der Waals surface area contributed by atoms with E-state index in [0.29, 0.717) is 11.3 Å². The lowest BCUT2D eigenvalue weighted by atomic mass is 10.2. The van der Waals surface area contributed by atoms with Crippen LogP contribution in [0.2, 0.25) is 0 Å². The predicted molar refractivity (Wildman–Crippen MR) is 78.4 cm³/mol. The van der Waals surface area contributed by atoms with E-state index in [2.05, 4.69) is 4.98 Å². The summed E-state index contributed by atoms with van der Waals surface area (Å²) >= 11 is 0. The standard InChI is InChI=1S/C17H14FNO2/c18-14-6-8-17(13(9-14)10-20)21-11-15-7-5-12-3-1-2-4-16(12)19-15/h1-9,20H,10-11H2. The van der Waals surface area contributed by atoms with Gasteiger partial charge in [-0.25, -0.2) is 9.37 Å². The lowest BCUT2D eigenvalue weighted by Gasteiger charge is -2.10. The summed E-state index contributed by atoms with van der Waals surface area (Å²) in [6.45, 7) is 0.00170. The SMILES string of the molecule is OCc1cc(F)ccc1OCc1ccc2ccccc2n1. The van der Waals surface area contributed by atoms with Crippen molar-refractivity contribution in [3.05, 3.63) is 71.7 Å². The van der Waals surface area contributed by atoms with Crippen LogP contribution >= 0.6 is 0 Å². The van der Waals surface area contributed by atoms with Gasteiger partial charge in [0, 0.05) is 10.9 Å². The van der Waals surface area contributed by atoms with Crippen LogP contribution in [0.25, 0.3) is 10.9 Å². The molecule has 3 rings (SSSR count). The van der Waals surface area contributed by atoms with E-state index in [1.165, 1.54) is 18.2 Å². The molecule has 0 aliphatic carbocycles. The lowest BCUT2D eigenvalue weighted by molar-refractivity contribution is 0.257. The zero-order chi connectivity index (χ0) is 14.7. The van der Waals surface area contributed by atoms with E-state index in [9.17, 15) is 9.50 Å². The lowest BCUT2D eigenvalue weighted by Crippen LogP contribution is -2.01. The first-order chi connectivity index (χ1) is 10.3. The van der Waals surface area contributed by atoms with Gasteiger partial charge in [-0.3, -0.25) is 0 Å². The number of aliphatic hydroxyl groups is 1. The second-order valence-electron chi connectivity index (χ2n) is 4.69. The van der Waals surface area contributed by atoms with Gasteiger partial charge in [0.05, 0.1) is 17.8 Å². The van der Waals surface area contributed by atoms with Crippen LogP contribution in [0.15, 0.2) is 54.6 Å². The van der Waals surface area contributed by atoms with Crippen LogP contribution in [-0.4, -0.2) is 10.1 Å². The highest BCUT2D eigenvalue weighted by Gasteiger charge is 2.06. The fourth-order valence-electron chi connectivity index (χ4n) is 2.15. The Morgan fingerprint density at radius 1 is 1.05 bits per heavy atom. The molecular weight excluding hydrogens is 269 g/mol. The van der Waals surface area contributed by atoms with Crippen molar-refractivity contribution >= 4 is 10.9 Å². The minimum Gasteiger partial charge on any atom is -0.487 e. The van der Waals surface area contributed by atoms with Crippen molar-refractivity contribution in [3.8, 4) is 5.75 Å². The molecule has 1 aromatic heterocycles. The van der Waals surface area contributed by atoms with E-state index >= 15 is 0 Å². The van der Waals surface area contributed by atoms with Crippen LogP contribution < -0.4 is 4.74 Å². The topological polar surface area (TPSA) is 42.4 Å². The third-order valence-electron chi connectivity index (χ3n) is 3.22. The smallest absolute Gasteiger partial charge is 0.130 e. The van der Waals surface area contributed by atoms with Gasteiger partial charge in [-0.1, -0.05) is 24.3 Å². The summed E-state index contributed by atoms with van der Waals surface area (Å²) in [5, 5.41) is 10.3. The van der Waals surface area contributed by atoms with Gasteiger partial charge in [0.1, 0.15) is 18.2 Å². The number of aromatic nitrogens is 1. The molecule has 0 bridgehead atoms. The Balaban J connectivity index is 1.80. The number of benzene rings is 2. The first kappa shape index (κ1) is 13.5. The van der Waals surface area contributed by atoms with Crippen molar-refractivity contribution in [2.45, 2.75) is 13.2 Å². The molecule has 0 aliphatic heterocycles. The Morgan fingerprint density at radius 3 is 2.76 bits per heavy atom. The summed E-state index contributed by atoms with van der Waals surface area (Å²) in [7, 11) is 0. The molecule has 1 N–H and O–H groups in total. The summed E-state index contributed by atoms with van der Waals surface area (Å²) in [6.07, 6.45) is 0. The van der Waals surface area contributed by atoms with E-state index < -0.39 is 5.82 Å². The minimum atomic E-state index is -0.393. The summed E-state index contributed by atoms with van der Waals surface area (Å²) in [5.74, 6) is 0.0732. The first-order valence-corrected chi connectivity index (χ1v) is 6.63. The van der Waals surface area contributed by atoms with E-state index in [0.717, 1.165) is 16.6 Å². The molecule has 0 fully saturated rings. The Labute approximate surface area is 121 Å². The number of para-hydroxylation sites is 1. The number of nitrogens with zero attached hydrogens (tertiary/aromatic N) is 1. The quantitative estimate of drug-likeness (QED) is 0.797. The van der Waals surface area contributed by atoms with E-state index in [1.54, 1.807) is 0 Å². The van der Waals surface area contributed by atoms with Crippen LogP contribution in [0.3, 0.4) is 0 Å². The van der Waals surface area contributed by atoms with Crippen molar-refractivity contribution < 1.29 is 14.2 Å². The molecular formula is C17H14FNO2. The molecule has 3 nitrogen and oxygen atoms in total. The Kier molecular flexibility index (Phi) is 3.79. The molecule has 0 unspecified atom stereocenters. The van der Waals surface area contributed by atoms with Crippen molar-refractivity contribution in [2.75, 3.05) is 0 Å². The van der Waals surface area contributed by atoms with Gasteiger partial charge < -0.3 is 9.84 Å². The van der Waals surface area contributed by atoms with Gasteiger partial charge in [-0.05, 0) is 30.3 Å². The average molecular weight is 283 g/mol. The van der Waals surface area contributed by atoms with Crippen molar-refractivity contribution in [1.29, 1.82) is 0 Å². The summed E-state index contributed by atoms with van der Waals surface area (Å²) < 4.78 is 18.7. The molecule has 4 heteroatoms. The maximum absolute atomic E-state index is 13.1. The monoisotopic (exact) mass is 283 g/mol. The van der Waals surface area contributed by atoms with Gasteiger partial charge in [0.25, 0.3) is 0 Å². The Bertz CT molecular complexity index is 774. The van der Waals surface area contributed by atoms with Crippen LogP contribution in [-0.2, 0) is 13.2 Å². The molecule has 2 aromatic carbocycles. The number of rotatable bonds is 4. The van der Waals surface area contributed by atoms with Crippen LogP contribution in [0.5, 0.6) is 5.75 Å². The van der Waals surface area contributed by atoms with Gasteiger partial charge in [0.15, 0.2) is 0 Å². The molecule has 3 aromatic rings. The maximum atomic E-state index is 13.1. The third-order valence-corrected chi connectivity index (χ3v) is 3.22. The fourth-order valence-corrected chi connectivity index (χ4v) is 2.15.